The van der Waals surface area contributed by atoms with E-state index in [0.29, 0.717) is 37.6 Å². The van der Waals surface area contributed by atoms with Gasteiger partial charge in [-0.05, 0) is 32.6 Å². The highest BCUT2D eigenvalue weighted by Crippen LogP contribution is 2.41. The van der Waals surface area contributed by atoms with Gasteiger partial charge in [-0.3, -0.25) is 9.59 Å². The van der Waals surface area contributed by atoms with Gasteiger partial charge in [-0.25, -0.2) is 0 Å². The molecule has 2 aliphatic heterocycles. The molecule has 2 saturated heterocycles. The third-order valence-corrected chi connectivity index (χ3v) is 5.38. The van der Waals surface area contributed by atoms with Gasteiger partial charge in [-0.15, -0.1) is 0 Å². The number of nitrogens with zero attached hydrogens (tertiary/aromatic N) is 3. The van der Waals surface area contributed by atoms with Gasteiger partial charge < -0.3 is 19.1 Å². The number of aryl methyl sites for hydroxylation is 1. The number of amides is 2. The first-order valence-corrected chi connectivity index (χ1v) is 8.56. The second-order valence-electron chi connectivity index (χ2n) is 6.76. The van der Waals surface area contributed by atoms with Crippen LogP contribution >= 0.6 is 0 Å². The maximum atomic E-state index is 12.9. The van der Waals surface area contributed by atoms with Crippen LogP contribution in [0.5, 0.6) is 0 Å². The molecule has 0 aliphatic carbocycles. The van der Waals surface area contributed by atoms with Crippen molar-refractivity contribution >= 4 is 11.8 Å². The number of carbonyl (C=O) groups excluding carboxylic acids is 2. The summed E-state index contributed by atoms with van der Waals surface area (Å²) in [6.45, 7) is 4.98. The second-order valence-corrected chi connectivity index (χ2v) is 6.76. The average Bonchev–Trinajstić information content (AvgIpc) is 3.02. The summed E-state index contributed by atoms with van der Waals surface area (Å²) >= 11 is 0. The van der Waals surface area contributed by atoms with Crippen LogP contribution in [0.2, 0.25) is 0 Å². The van der Waals surface area contributed by atoms with Crippen molar-refractivity contribution in [1.82, 2.24) is 15.0 Å². The third-order valence-electron chi connectivity index (χ3n) is 5.38. The fourth-order valence-corrected chi connectivity index (χ4v) is 3.84. The number of hydrogen-bond acceptors (Lipinski definition) is 5. The standard InChI is InChI=1S/C17H25N3O4/c1-13-14(12-18-24-13)15(21)19-8-5-17(6-9-19)4-3-7-20(16(17)22)10-11-23-2/h12H,3-11H2,1-2H3. The van der Waals surface area contributed by atoms with Crippen molar-refractivity contribution in [2.75, 3.05) is 39.9 Å². The van der Waals surface area contributed by atoms with E-state index in [9.17, 15) is 9.59 Å². The maximum Gasteiger partial charge on any atom is 0.259 e. The Morgan fingerprint density at radius 3 is 2.71 bits per heavy atom. The van der Waals surface area contributed by atoms with Gasteiger partial charge in [-0.1, -0.05) is 5.16 Å². The van der Waals surface area contributed by atoms with E-state index in [0.717, 1.165) is 32.2 Å². The van der Waals surface area contributed by atoms with Crippen molar-refractivity contribution in [3.63, 3.8) is 0 Å². The molecule has 1 spiro atoms. The highest BCUT2D eigenvalue weighted by Gasteiger charge is 2.46. The lowest BCUT2D eigenvalue weighted by Gasteiger charge is -2.46. The minimum atomic E-state index is -0.299. The number of carbonyl (C=O) groups is 2. The van der Waals surface area contributed by atoms with Crippen LogP contribution in [0.4, 0.5) is 0 Å². The summed E-state index contributed by atoms with van der Waals surface area (Å²) in [6, 6.07) is 0. The molecule has 0 atom stereocenters. The summed E-state index contributed by atoms with van der Waals surface area (Å²) in [7, 11) is 1.65. The smallest absolute Gasteiger partial charge is 0.259 e. The second kappa shape index (κ2) is 6.93. The molecule has 0 bridgehead atoms. The van der Waals surface area contributed by atoms with Gasteiger partial charge in [0, 0.05) is 33.3 Å². The van der Waals surface area contributed by atoms with Crippen molar-refractivity contribution in [3.05, 3.63) is 17.5 Å². The number of ether oxygens (including phenoxy) is 1. The normalized spacial score (nSPS) is 20.7. The Hall–Kier alpha value is -1.89. The summed E-state index contributed by atoms with van der Waals surface area (Å²) in [4.78, 5) is 29.2. The topological polar surface area (TPSA) is 75.9 Å². The van der Waals surface area contributed by atoms with Gasteiger partial charge >= 0.3 is 0 Å². The Bertz CT molecular complexity index is 605. The summed E-state index contributed by atoms with van der Waals surface area (Å²) < 4.78 is 10.1. The van der Waals surface area contributed by atoms with E-state index in [2.05, 4.69) is 5.16 Å². The lowest BCUT2D eigenvalue weighted by atomic mass is 9.71. The van der Waals surface area contributed by atoms with E-state index < -0.39 is 0 Å². The molecule has 1 aromatic heterocycles. The molecule has 0 saturated carbocycles. The summed E-state index contributed by atoms with van der Waals surface area (Å²) in [5.74, 6) is 0.724. The number of hydrogen-bond donors (Lipinski definition) is 0. The molecule has 7 heteroatoms. The summed E-state index contributed by atoms with van der Waals surface area (Å²) in [5.41, 5.74) is 0.217. The lowest BCUT2D eigenvalue weighted by molar-refractivity contribution is -0.150. The number of rotatable bonds is 4. The predicted molar refractivity (Wildman–Crippen MR) is 86.5 cm³/mol. The van der Waals surface area contributed by atoms with E-state index in [4.69, 9.17) is 9.26 Å². The van der Waals surface area contributed by atoms with Crippen molar-refractivity contribution in [1.29, 1.82) is 0 Å². The monoisotopic (exact) mass is 335 g/mol. The Morgan fingerprint density at radius 1 is 1.33 bits per heavy atom. The van der Waals surface area contributed by atoms with Gasteiger partial charge in [0.25, 0.3) is 5.91 Å². The first kappa shape index (κ1) is 17.0. The van der Waals surface area contributed by atoms with Crippen molar-refractivity contribution in [2.45, 2.75) is 32.6 Å². The lowest BCUT2D eigenvalue weighted by Crippen LogP contribution is -2.54. The van der Waals surface area contributed by atoms with Gasteiger partial charge in [0.05, 0.1) is 18.2 Å². The fraction of sp³-hybridized carbons (Fsp3) is 0.706. The Labute approximate surface area is 141 Å². The zero-order chi connectivity index (χ0) is 17.2. The van der Waals surface area contributed by atoms with Crippen molar-refractivity contribution in [2.24, 2.45) is 5.41 Å². The molecular weight excluding hydrogens is 310 g/mol. The predicted octanol–water partition coefficient (Wildman–Crippen LogP) is 1.47. The maximum absolute atomic E-state index is 12.9. The van der Waals surface area contributed by atoms with Gasteiger partial charge in [-0.2, -0.15) is 0 Å². The molecule has 24 heavy (non-hydrogen) atoms. The molecule has 3 rings (SSSR count). The summed E-state index contributed by atoms with van der Waals surface area (Å²) in [6.07, 6.45) is 4.87. The number of likely N-dealkylation sites (tertiary alicyclic amines) is 2. The first-order valence-electron chi connectivity index (χ1n) is 8.56. The van der Waals surface area contributed by atoms with Crippen LogP contribution < -0.4 is 0 Å². The Morgan fingerprint density at radius 2 is 2.08 bits per heavy atom. The quantitative estimate of drug-likeness (QED) is 0.833. The highest BCUT2D eigenvalue weighted by atomic mass is 16.5. The molecule has 2 amide bonds. The minimum absolute atomic E-state index is 0.0527. The van der Waals surface area contributed by atoms with E-state index in [1.165, 1.54) is 6.20 Å². The average molecular weight is 335 g/mol. The zero-order valence-corrected chi connectivity index (χ0v) is 14.4. The Balaban J connectivity index is 1.64. The first-order chi connectivity index (χ1) is 11.6. The third kappa shape index (κ3) is 3.05. The van der Waals surface area contributed by atoms with Gasteiger partial charge in [0.15, 0.2) is 0 Å². The molecule has 3 heterocycles. The molecule has 2 fully saturated rings. The molecule has 0 aromatic carbocycles. The molecule has 7 nitrogen and oxygen atoms in total. The number of methoxy groups -OCH3 is 1. The molecule has 132 valence electrons. The molecule has 0 N–H and O–H groups in total. The molecule has 2 aliphatic rings. The van der Waals surface area contributed by atoms with Crippen molar-refractivity contribution < 1.29 is 18.8 Å². The van der Waals surface area contributed by atoms with Crippen LogP contribution in [0, 0.1) is 12.3 Å². The highest BCUT2D eigenvalue weighted by molar-refractivity contribution is 5.95. The van der Waals surface area contributed by atoms with Gasteiger partial charge in [0.1, 0.15) is 11.3 Å². The Kier molecular flexibility index (Phi) is 4.89. The molecule has 1 aromatic rings. The van der Waals surface area contributed by atoms with E-state index in [-0.39, 0.29) is 17.2 Å². The van der Waals surface area contributed by atoms with Crippen LogP contribution in [0.1, 0.15) is 41.8 Å². The zero-order valence-electron chi connectivity index (χ0n) is 14.4. The fourth-order valence-electron chi connectivity index (χ4n) is 3.84. The molecule has 0 radical (unpaired) electrons. The van der Waals surface area contributed by atoms with Crippen molar-refractivity contribution in [3.8, 4) is 0 Å². The van der Waals surface area contributed by atoms with Gasteiger partial charge in [0.2, 0.25) is 5.91 Å². The molecular formula is C17H25N3O4. The SMILES string of the molecule is COCCN1CCCC2(CCN(C(=O)c3cnoc3C)CC2)C1=O. The minimum Gasteiger partial charge on any atom is -0.383 e. The van der Waals surface area contributed by atoms with Crippen LogP contribution in [0.3, 0.4) is 0 Å². The number of piperidine rings is 2. The summed E-state index contributed by atoms with van der Waals surface area (Å²) in [5, 5.41) is 3.68. The van der Waals surface area contributed by atoms with E-state index in [1.807, 2.05) is 9.80 Å². The number of aromatic nitrogens is 1. The van der Waals surface area contributed by atoms with Crippen LogP contribution in [-0.2, 0) is 9.53 Å². The van der Waals surface area contributed by atoms with E-state index >= 15 is 0 Å². The largest absolute Gasteiger partial charge is 0.383 e. The van der Waals surface area contributed by atoms with E-state index in [1.54, 1.807) is 14.0 Å². The van der Waals surface area contributed by atoms with Crippen LogP contribution in [0.25, 0.3) is 0 Å². The van der Waals surface area contributed by atoms with Crippen LogP contribution in [0.15, 0.2) is 10.7 Å². The molecule has 0 unspecified atom stereocenters. The van der Waals surface area contributed by atoms with Crippen LogP contribution in [-0.4, -0.2) is 66.7 Å².